The number of carbonyl (C=O) groups is 1. The zero-order valence-corrected chi connectivity index (χ0v) is 22.7. The van der Waals surface area contributed by atoms with Crippen LogP contribution in [0.25, 0.3) is 0 Å². The average molecular weight is 550 g/mol. The van der Waals surface area contributed by atoms with Crippen molar-refractivity contribution in [2.45, 2.75) is 74.9 Å². The highest BCUT2D eigenvalue weighted by Crippen LogP contribution is 2.25. The number of hydrogen-bond donors (Lipinski definition) is 1. The zero-order chi connectivity index (χ0) is 25.8. The van der Waals surface area contributed by atoms with Crippen molar-refractivity contribution >= 4 is 50.8 Å². The van der Waals surface area contributed by atoms with Crippen LogP contribution in [0.2, 0.25) is 5.02 Å². The van der Waals surface area contributed by atoms with Crippen LogP contribution in [0.5, 0.6) is 5.75 Å². The molecule has 1 heterocycles. The van der Waals surface area contributed by atoms with Gasteiger partial charge in [-0.3, -0.25) is 4.79 Å². The van der Waals surface area contributed by atoms with Crippen molar-refractivity contribution in [1.29, 1.82) is 0 Å². The van der Waals surface area contributed by atoms with Crippen LogP contribution in [0.3, 0.4) is 0 Å². The number of carbonyl (C=O) groups excluding carboxylic acids is 1. The van der Waals surface area contributed by atoms with Crippen molar-refractivity contribution in [3.05, 3.63) is 59.1 Å². The summed E-state index contributed by atoms with van der Waals surface area (Å²) in [5, 5.41) is 11.7. The third-order valence-corrected chi connectivity index (χ3v) is 8.27. The van der Waals surface area contributed by atoms with Gasteiger partial charge in [-0.1, -0.05) is 93.8 Å². The molecule has 2 aromatic carbocycles. The first-order valence-electron chi connectivity index (χ1n) is 12.3. The second kappa shape index (κ2) is 14.4. The van der Waals surface area contributed by atoms with E-state index in [-0.39, 0.29) is 21.8 Å². The lowest BCUT2D eigenvalue weighted by Gasteiger charge is -2.07. The molecular weight excluding hydrogens is 518 g/mol. The Bertz CT molecular complexity index is 1170. The molecule has 1 saturated heterocycles. The first kappa shape index (κ1) is 28.2. The molecule has 0 spiro atoms. The number of thioether (sulfide) groups is 1. The summed E-state index contributed by atoms with van der Waals surface area (Å²) in [6.45, 7) is 2.22. The van der Waals surface area contributed by atoms with Gasteiger partial charge in [0.2, 0.25) is 5.91 Å². The lowest BCUT2D eigenvalue weighted by Crippen LogP contribution is -2.24. The van der Waals surface area contributed by atoms with Gasteiger partial charge in [-0.2, -0.15) is 13.5 Å². The standard InChI is InChI=1S/C26H32ClN3O4S2/c1-2-3-4-5-6-7-8-9-13-24-25(31)29-26(35-24)30-28-19-20-11-10-12-22(18-20)34-36(32,33)23-16-14-21(27)15-17-23/h10-12,14-19,24H,2-9,13H2,1H3,(H,29,30,31)/b28-19+. The van der Waals surface area contributed by atoms with E-state index in [0.29, 0.717) is 15.8 Å². The number of halogens is 1. The van der Waals surface area contributed by atoms with Crippen LogP contribution in [0.4, 0.5) is 0 Å². The molecule has 1 fully saturated rings. The van der Waals surface area contributed by atoms with E-state index in [1.165, 1.54) is 80.8 Å². The van der Waals surface area contributed by atoms with E-state index < -0.39 is 10.1 Å². The van der Waals surface area contributed by atoms with Crippen molar-refractivity contribution in [2.24, 2.45) is 10.2 Å². The highest BCUT2D eigenvalue weighted by atomic mass is 35.5. The highest BCUT2D eigenvalue weighted by molar-refractivity contribution is 8.15. The third-order valence-electron chi connectivity index (χ3n) is 5.62. The molecule has 3 rings (SSSR count). The van der Waals surface area contributed by atoms with Crippen molar-refractivity contribution in [1.82, 2.24) is 5.32 Å². The fraction of sp³-hybridized carbons (Fsp3) is 0.423. The summed E-state index contributed by atoms with van der Waals surface area (Å²) in [5.41, 5.74) is 0.605. The van der Waals surface area contributed by atoms with Gasteiger partial charge in [-0.25, -0.2) is 0 Å². The second-order valence-electron chi connectivity index (χ2n) is 8.57. The number of amidine groups is 1. The smallest absolute Gasteiger partial charge is 0.339 e. The summed E-state index contributed by atoms with van der Waals surface area (Å²) in [4.78, 5) is 12.2. The predicted molar refractivity (Wildman–Crippen MR) is 147 cm³/mol. The first-order chi connectivity index (χ1) is 17.4. The van der Waals surface area contributed by atoms with Gasteiger partial charge in [0.25, 0.3) is 0 Å². The Hall–Kier alpha value is -2.36. The van der Waals surface area contributed by atoms with Crippen molar-refractivity contribution in [3.8, 4) is 5.75 Å². The van der Waals surface area contributed by atoms with Gasteiger partial charge in [-0.15, -0.1) is 5.10 Å². The molecule has 36 heavy (non-hydrogen) atoms. The van der Waals surface area contributed by atoms with E-state index in [2.05, 4.69) is 22.4 Å². The summed E-state index contributed by atoms with van der Waals surface area (Å²) in [6.07, 6.45) is 12.2. The largest absolute Gasteiger partial charge is 0.379 e. The quantitative estimate of drug-likeness (QED) is 0.124. The molecule has 0 aliphatic carbocycles. The maximum atomic E-state index is 12.5. The molecule has 1 aliphatic rings. The van der Waals surface area contributed by atoms with Gasteiger partial charge in [0, 0.05) is 5.02 Å². The molecule has 0 aromatic heterocycles. The van der Waals surface area contributed by atoms with E-state index in [1.807, 2.05) is 0 Å². The molecule has 7 nitrogen and oxygen atoms in total. The first-order valence-corrected chi connectivity index (χ1v) is 14.9. The third kappa shape index (κ3) is 9.26. The summed E-state index contributed by atoms with van der Waals surface area (Å²) in [7, 11) is -3.99. The Kier molecular flexibility index (Phi) is 11.3. The van der Waals surface area contributed by atoms with E-state index in [0.717, 1.165) is 19.3 Å². The Morgan fingerprint density at radius 1 is 1.03 bits per heavy atom. The number of hydrogen-bond acceptors (Lipinski definition) is 7. The Labute approximate surface area is 222 Å². The van der Waals surface area contributed by atoms with Crippen molar-refractivity contribution < 1.29 is 17.4 Å². The van der Waals surface area contributed by atoms with E-state index in [1.54, 1.807) is 24.3 Å². The maximum Gasteiger partial charge on any atom is 0.339 e. The highest BCUT2D eigenvalue weighted by Gasteiger charge is 2.29. The van der Waals surface area contributed by atoms with Crippen LogP contribution in [0.1, 0.15) is 70.3 Å². The van der Waals surface area contributed by atoms with Gasteiger partial charge in [0.1, 0.15) is 10.6 Å². The molecule has 10 heteroatoms. The Balaban J connectivity index is 1.47. The van der Waals surface area contributed by atoms with Crippen LogP contribution in [0, 0.1) is 0 Å². The number of unbranched alkanes of at least 4 members (excludes halogenated alkanes) is 7. The van der Waals surface area contributed by atoms with Gasteiger partial charge in [0.15, 0.2) is 5.17 Å². The molecule has 1 unspecified atom stereocenters. The number of benzene rings is 2. The molecule has 0 bridgehead atoms. The normalized spacial score (nSPS) is 17.1. The lowest BCUT2D eigenvalue weighted by molar-refractivity contribution is -0.118. The van der Waals surface area contributed by atoms with Gasteiger partial charge in [0.05, 0.1) is 11.5 Å². The molecule has 2 aromatic rings. The molecular formula is C26H32ClN3O4S2. The monoisotopic (exact) mass is 549 g/mol. The Morgan fingerprint density at radius 2 is 1.72 bits per heavy atom. The van der Waals surface area contributed by atoms with Crippen LogP contribution in [-0.2, 0) is 14.9 Å². The fourth-order valence-corrected chi connectivity index (χ4v) is 5.70. The predicted octanol–water partition coefficient (Wildman–Crippen LogP) is 6.56. The van der Waals surface area contributed by atoms with E-state index >= 15 is 0 Å². The van der Waals surface area contributed by atoms with Crippen LogP contribution in [0.15, 0.2) is 63.6 Å². The van der Waals surface area contributed by atoms with Gasteiger partial charge >= 0.3 is 10.1 Å². The van der Waals surface area contributed by atoms with E-state index in [4.69, 9.17) is 15.8 Å². The molecule has 0 radical (unpaired) electrons. The van der Waals surface area contributed by atoms with Crippen LogP contribution in [-0.4, -0.2) is 31.0 Å². The van der Waals surface area contributed by atoms with Gasteiger partial charge in [-0.05, 0) is 48.4 Å². The fourth-order valence-electron chi connectivity index (χ4n) is 3.68. The van der Waals surface area contributed by atoms with Crippen molar-refractivity contribution in [3.63, 3.8) is 0 Å². The second-order valence-corrected chi connectivity index (χ2v) is 11.7. The summed E-state index contributed by atoms with van der Waals surface area (Å²) in [6, 6.07) is 12.2. The molecule has 0 saturated carbocycles. The number of nitrogens with one attached hydrogen (secondary N) is 1. The Morgan fingerprint density at radius 3 is 2.44 bits per heavy atom. The lowest BCUT2D eigenvalue weighted by atomic mass is 10.1. The maximum absolute atomic E-state index is 12.5. The average Bonchev–Trinajstić information content (AvgIpc) is 3.20. The molecule has 194 valence electrons. The zero-order valence-electron chi connectivity index (χ0n) is 20.4. The number of rotatable bonds is 14. The molecule has 1 amide bonds. The minimum atomic E-state index is -3.99. The molecule has 1 atom stereocenters. The minimum Gasteiger partial charge on any atom is -0.379 e. The van der Waals surface area contributed by atoms with E-state index in [9.17, 15) is 13.2 Å². The van der Waals surface area contributed by atoms with Crippen LogP contribution < -0.4 is 9.50 Å². The van der Waals surface area contributed by atoms with Crippen molar-refractivity contribution in [2.75, 3.05) is 0 Å². The van der Waals surface area contributed by atoms with Gasteiger partial charge < -0.3 is 9.50 Å². The summed E-state index contributed by atoms with van der Waals surface area (Å²) < 4.78 is 30.2. The summed E-state index contributed by atoms with van der Waals surface area (Å²) in [5.74, 6) is 0.121. The summed E-state index contributed by atoms with van der Waals surface area (Å²) >= 11 is 7.22. The minimum absolute atomic E-state index is 0.00731. The van der Waals surface area contributed by atoms with Crippen LogP contribution >= 0.6 is 23.4 Å². The number of amides is 1. The molecule has 1 N–H and O–H groups in total. The number of nitrogens with zero attached hydrogens (tertiary/aromatic N) is 2. The topological polar surface area (TPSA) is 97.2 Å². The SMILES string of the molecule is CCCCCCCCCCC1S/C(=N\N=C\c2cccc(OS(=O)(=O)c3ccc(Cl)cc3)c2)NC1=O. The molecule has 1 aliphatic heterocycles.